The van der Waals surface area contributed by atoms with Crippen LogP contribution in [0, 0.1) is 6.92 Å². The number of ether oxygens (including phenoxy) is 4. The van der Waals surface area contributed by atoms with Crippen LogP contribution in [-0.2, 0) is 22.6 Å². The van der Waals surface area contributed by atoms with Crippen molar-refractivity contribution in [3.63, 3.8) is 0 Å². The van der Waals surface area contributed by atoms with Crippen molar-refractivity contribution in [2.75, 3.05) is 6.79 Å². The molecular formula is C26H18BrClO6. The third-order valence-electron chi connectivity index (χ3n) is 5.51. The maximum atomic E-state index is 13.0. The summed E-state index contributed by atoms with van der Waals surface area (Å²) in [5, 5.41) is 0.598. The Morgan fingerprint density at radius 3 is 2.74 bits per heavy atom. The summed E-state index contributed by atoms with van der Waals surface area (Å²) in [7, 11) is 0. The lowest BCUT2D eigenvalue weighted by Gasteiger charge is -2.20. The van der Waals surface area contributed by atoms with Gasteiger partial charge >= 0.3 is 5.97 Å². The first kappa shape index (κ1) is 22.7. The predicted molar refractivity (Wildman–Crippen MR) is 129 cm³/mol. The standard InChI is InChI=1S/C26H18BrClO6/c1-14-21(33-23(29)8-15-2-4-19(28)5-3-15)7-6-20-24(30)22(34-25(14)20)11-16-9-18(27)10-17-12-31-13-32-26(16)17/h2-7,9-11H,8,12-13H2,1H3/b22-11-. The summed E-state index contributed by atoms with van der Waals surface area (Å²) in [5.74, 6) is 0.859. The van der Waals surface area contributed by atoms with Crippen molar-refractivity contribution in [3.8, 4) is 17.2 Å². The molecule has 0 spiro atoms. The van der Waals surface area contributed by atoms with Crippen LogP contribution in [-0.4, -0.2) is 18.5 Å². The molecule has 0 fully saturated rings. The highest BCUT2D eigenvalue weighted by Gasteiger charge is 2.31. The molecule has 5 rings (SSSR count). The summed E-state index contributed by atoms with van der Waals surface area (Å²) in [6, 6.07) is 14.0. The first-order valence-corrected chi connectivity index (χ1v) is 11.6. The van der Waals surface area contributed by atoms with E-state index in [1.54, 1.807) is 49.4 Å². The van der Waals surface area contributed by atoms with E-state index in [4.69, 9.17) is 30.5 Å². The first-order chi connectivity index (χ1) is 16.4. The molecular weight excluding hydrogens is 524 g/mol. The summed E-state index contributed by atoms with van der Waals surface area (Å²) in [6.45, 7) is 2.31. The molecule has 3 aromatic rings. The van der Waals surface area contributed by atoms with Gasteiger partial charge in [-0.1, -0.05) is 39.7 Å². The molecule has 8 heteroatoms. The smallest absolute Gasteiger partial charge is 0.315 e. The van der Waals surface area contributed by atoms with Crippen LogP contribution < -0.4 is 14.2 Å². The summed E-state index contributed by atoms with van der Waals surface area (Å²) in [4.78, 5) is 25.5. The van der Waals surface area contributed by atoms with Crippen LogP contribution in [0.15, 0.2) is 58.8 Å². The summed E-state index contributed by atoms with van der Waals surface area (Å²) < 4.78 is 23.3. The molecule has 0 radical (unpaired) electrons. The van der Waals surface area contributed by atoms with E-state index in [0.717, 1.165) is 15.6 Å². The van der Waals surface area contributed by atoms with Crippen molar-refractivity contribution >= 4 is 45.4 Å². The second-order valence-electron chi connectivity index (χ2n) is 7.88. The number of benzene rings is 3. The third kappa shape index (κ3) is 4.46. The lowest BCUT2D eigenvalue weighted by Crippen LogP contribution is -2.12. The monoisotopic (exact) mass is 540 g/mol. The van der Waals surface area contributed by atoms with Gasteiger partial charge in [-0.25, -0.2) is 0 Å². The number of rotatable bonds is 4. The normalized spacial score (nSPS) is 15.4. The Hall–Kier alpha value is -3.13. The zero-order chi connectivity index (χ0) is 23.8. The molecule has 0 N–H and O–H groups in total. The number of allylic oxidation sites excluding steroid dienone is 1. The number of halogens is 2. The van der Waals surface area contributed by atoms with Crippen LogP contribution in [0.5, 0.6) is 17.2 Å². The number of carbonyl (C=O) groups is 2. The molecule has 0 amide bonds. The largest absolute Gasteiger partial charge is 0.467 e. The molecule has 0 saturated heterocycles. The van der Waals surface area contributed by atoms with E-state index in [0.29, 0.717) is 45.6 Å². The van der Waals surface area contributed by atoms with Crippen molar-refractivity contribution < 1.29 is 28.5 Å². The first-order valence-electron chi connectivity index (χ1n) is 10.4. The van der Waals surface area contributed by atoms with Gasteiger partial charge in [0.25, 0.3) is 0 Å². The Bertz CT molecular complexity index is 1350. The van der Waals surface area contributed by atoms with Gasteiger partial charge in [-0.05, 0) is 55.0 Å². The number of hydrogen-bond acceptors (Lipinski definition) is 6. The van der Waals surface area contributed by atoms with Gasteiger partial charge in [0, 0.05) is 26.2 Å². The van der Waals surface area contributed by atoms with Crippen molar-refractivity contribution in [3.05, 3.63) is 91.6 Å². The highest BCUT2D eigenvalue weighted by molar-refractivity contribution is 9.10. The van der Waals surface area contributed by atoms with Crippen LogP contribution >= 0.6 is 27.5 Å². The van der Waals surface area contributed by atoms with Gasteiger partial charge in [-0.15, -0.1) is 0 Å². The van der Waals surface area contributed by atoms with E-state index in [1.165, 1.54) is 0 Å². The predicted octanol–water partition coefficient (Wildman–Crippen LogP) is 6.04. The van der Waals surface area contributed by atoms with E-state index < -0.39 is 5.97 Å². The van der Waals surface area contributed by atoms with Crippen LogP contribution in [0.1, 0.15) is 32.6 Å². The second kappa shape index (κ2) is 9.25. The number of hydrogen-bond donors (Lipinski definition) is 0. The number of ketones is 1. The van der Waals surface area contributed by atoms with Gasteiger partial charge in [0.15, 0.2) is 12.6 Å². The van der Waals surface area contributed by atoms with Crippen molar-refractivity contribution in [2.45, 2.75) is 20.0 Å². The molecule has 2 heterocycles. The quantitative estimate of drug-likeness (QED) is 0.228. The summed E-state index contributed by atoms with van der Waals surface area (Å²) in [6.07, 6.45) is 1.75. The lowest BCUT2D eigenvalue weighted by molar-refractivity contribution is -0.133. The molecule has 6 nitrogen and oxygen atoms in total. The van der Waals surface area contributed by atoms with Gasteiger partial charge in [0.2, 0.25) is 5.78 Å². The minimum absolute atomic E-state index is 0.0936. The fraction of sp³-hybridized carbons (Fsp3) is 0.154. The Balaban J connectivity index is 1.39. The molecule has 2 aliphatic heterocycles. The average molecular weight is 542 g/mol. The molecule has 172 valence electrons. The Labute approximate surface area is 209 Å². The Morgan fingerprint density at radius 2 is 1.94 bits per heavy atom. The lowest BCUT2D eigenvalue weighted by atomic mass is 10.0. The third-order valence-corrected chi connectivity index (χ3v) is 6.22. The van der Waals surface area contributed by atoms with Gasteiger partial charge in [0.1, 0.15) is 17.2 Å². The highest BCUT2D eigenvalue weighted by Crippen LogP contribution is 2.41. The molecule has 3 aromatic carbocycles. The topological polar surface area (TPSA) is 71.1 Å². The minimum Gasteiger partial charge on any atom is -0.467 e. The molecule has 0 aromatic heterocycles. The number of esters is 1. The SMILES string of the molecule is Cc1c(OC(=O)Cc2ccc(Cl)cc2)ccc2c1O/C(=C\c1cc(Br)cc3c1OCOC3)C2=O. The van der Waals surface area contributed by atoms with E-state index in [2.05, 4.69) is 15.9 Å². The zero-order valence-corrected chi connectivity index (χ0v) is 20.4. The van der Waals surface area contributed by atoms with E-state index in [9.17, 15) is 9.59 Å². The molecule has 0 bridgehead atoms. The van der Waals surface area contributed by atoms with Gasteiger partial charge < -0.3 is 18.9 Å². The minimum atomic E-state index is -0.425. The maximum absolute atomic E-state index is 13.0. The Kier molecular flexibility index (Phi) is 6.16. The number of carbonyl (C=O) groups excluding carboxylic acids is 2. The number of fused-ring (bicyclic) bond motifs is 2. The van der Waals surface area contributed by atoms with Crippen LogP contribution in [0.2, 0.25) is 5.02 Å². The Morgan fingerprint density at radius 1 is 1.15 bits per heavy atom. The van der Waals surface area contributed by atoms with E-state index in [-0.39, 0.29) is 24.8 Å². The van der Waals surface area contributed by atoms with Crippen molar-refractivity contribution in [1.29, 1.82) is 0 Å². The van der Waals surface area contributed by atoms with Gasteiger partial charge in [-0.2, -0.15) is 0 Å². The maximum Gasteiger partial charge on any atom is 0.315 e. The summed E-state index contributed by atoms with van der Waals surface area (Å²) >= 11 is 9.38. The fourth-order valence-electron chi connectivity index (χ4n) is 3.86. The fourth-order valence-corrected chi connectivity index (χ4v) is 4.51. The molecule has 0 unspecified atom stereocenters. The van der Waals surface area contributed by atoms with Crippen LogP contribution in [0.3, 0.4) is 0 Å². The van der Waals surface area contributed by atoms with Gasteiger partial charge in [0.05, 0.1) is 18.6 Å². The zero-order valence-electron chi connectivity index (χ0n) is 18.0. The summed E-state index contributed by atoms with van der Waals surface area (Å²) in [5.41, 5.74) is 3.35. The molecule has 2 aliphatic rings. The van der Waals surface area contributed by atoms with Crippen LogP contribution in [0.4, 0.5) is 0 Å². The number of Topliss-reactive ketones (excluding diaryl/α,β-unsaturated/α-hetero) is 1. The van der Waals surface area contributed by atoms with Crippen LogP contribution in [0.25, 0.3) is 6.08 Å². The van der Waals surface area contributed by atoms with E-state index in [1.807, 2.05) is 12.1 Å². The molecule has 34 heavy (non-hydrogen) atoms. The molecule has 0 aliphatic carbocycles. The second-order valence-corrected chi connectivity index (χ2v) is 9.23. The highest BCUT2D eigenvalue weighted by atomic mass is 79.9. The van der Waals surface area contributed by atoms with Crippen molar-refractivity contribution in [1.82, 2.24) is 0 Å². The van der Waals surface area contributed by atoms with Crippen molar-refractivity contribution in [2.24, 2.45) is 0 Å². The molecule has 0 saturated carbocycles. The van der Waals surface area contributed by atoms with Gasteiger partial charge in [-0.3, -0.25) is 9.59 Å². The molecule has 0 atom stereocenters. The average Bonchev–Trinajstić information content (AvgIpc) is 3.13. The van der Waals surface area contributed by atoms with E-state index >= 15 is 0 Å².